The fourth-order valence-corrected chi connectivity index (χ4v) is 3.87. The zero-order chi connectivity index (χ0) is 15.5. The summed E-state index contributed by atoms with van der Waals surface area (Å²) < 4.78 is 25.4. The van der Waals surface area contributed by atoms with E-state index in [-0.39, 0.29) is 11.4 Å². The van der Waals surface area contributed by atoms with Crippen molar-refractivity contribution < 1.29 is 13.3 Å². The van der Waals surface area contributed by atoms with E-state index in [4.69, 9.17) is 0 Å². The fourth-order valence-electron chi connectivity index (χ4n) is 2.38. The summed E-state index contributed by atoms with van der Waals surface area (Å²) in [5.74, 6) is 0.141. The van der Waals surface area contributed by atoms with Crippen molar-refractivity contribution in [3.05, 3.63) is 28.6 Å². The maximum Gasteiger partial charge on any atom is 0.310 e. The molecule has 1 saturated heterocycles. The van der Waals surface area contributed by atoms with E-state index in [9.17, 15) is 18.5 Å². The SMILES string of the molecule is CCCS(=O)(=O)N1CCN(c2ccncc2[N+](=O)[O-])CC1. The lowest BCUT2D eigenvalue weighted by Gasteiger charge is -2.34. The number of aromatic nitrogens is 1. The number of nitrogens with zero attached hydrogens (tertiary/aromatic N) is 4. The molecule has 1 aliphatic rings. The van der Waals surface area contributed by atoms with Gasteiger partial charge in [0.2, 0.25) is 10.0 Å². The van der Waals surface area contributed by atoms with Crippen molar-refractivity contribution in [1.29, 1.82) is 0 Å². The molecule has 21 heavy (non-hydrogen) atoms. The number of nitro groups is 1. The molecule has 0 atom stereocenters. The summed E-state index contributed by atoms with van der Waals surface area (Å²) in [5.41, 5.74) is 0.435. The van der Waals surface area contributed by atoms with Gasteiger partial charge in [-0.3, -0.25) is 15.1 Å². The molecule has 0 aliphatic carbocycles. The number of sulfonamides is 1. The predicted molar refractivity (Wildman–Crippen MR) is 78.8 cm³/mol. The van der Waals surface area contributed by atoms with Crippen LogP contribution in [0.5, 0.6) is 0 Å². The van der Waals surface area contributed by atoms with Crippen LogP contribution in [-0.2, 0) is 10.0 Å². The Morgan fingerprint density at radius 1 is 1.33 bits per heavy atom. The first-order chi connectivity index (χ1) is 9.95. The molecule has 0 amide bonds. The van der Waals surface area contributed by atoms with Crippen molar-refractivity contribution in [3.63, 3.8) is 0 Å². The van der Waals surface area contributed by atoms with E-state index in [1.807, 2.05) is 11.8 Å². The number of hydrogen-bond acceptors (Lipinski definition) is 6. The van der Waals surface area contributed by atoms with E-state index < -0.39 is 14.9 Å². The van der Waals surface area contributed by atoms with Gasteiger partial charge >= 0.3 is 5.69 Å². The molecular formula is C12H18N4O4S. The van der Waals surface area contributed by atoms with Gasteiger partial charge in [-0.1, -0.05) is 6.92 Å². The van der Waals surface area contributed by atoms with Crippen LogP contribution in [0.3, 0.4) is 0 Å². The van der Waals surface area contributed by atoms with E-state index >= 15 is 0 Å². The van der Waals surface area contributed by atoms with Crippen LogP contribution < -0.4 is 4.90 Å². The molecular weight excluding hydrogens is 296 g/mol. The van der Waals surface area contributed by atoms with Crippen molar-refractivity contribution >= 4 is 21.4 Å². The summed E-state index contributed by atoms with van der Waals surface area (Å²) >= 11 is 0. The van der Waals surface area contributed by atoms with Crippen LogP contribution >= 0.6 is 0 Å². The van der Waals surface area contributed by atoms with Gasteiger partial charge < -0.3 is 4.90 Å². The Kier molecular flexibility index (Phi) is 4.73. The van der Waals surface area contributed by atoms with Crippen LogP contribution in [0.2, 0.25) is 0 Å². The van der Waals surface area contributed by atoms with E-state index in [0.717, 1.165) is 0 Å². The summed E-state index contributed by atoms with van der Waals surface area (Å²) in [5, 5.41) is 11.0. The molecule has 2 heterocycles. The molecule has 116 valence electrons. The number of hydrogen-bond donors (Lipinski definition) is 0. The molecule has 0 spiro atoms. The molecule has 0 N–H and O–H groups in total. The smallest absolute Gasteiger partial charge is 0.310 e. The molecule has 0 aromatic carbocycles. The van der Waals surface area contributed by atoms with Gasteiger partial charge in [-0.15, -0.1) is 0 Å². The first-order valence-corrected chi connectivity index (χ1v) is 8.38. The largest absolute Gasteiger partial charge is 0.363 e. The van der Waals surface area contributed by atoms with E-state index in [0.29, 0.717) is 38.3 Å². The van der Waals surface area contributed by atoms with Gasteiger partial charge in [0, 0.05) is 32.4 Å². The molecule has 1 aliphatic heterocycles. The van der Waals surface area contributed by atoms with Crippen LogP contribution in [-0.4, -0.2) is 54.6 Å². The molecule has 0 saturated carbocycles. The zero-order valence-corrected chi connectivity index (χ0v) is 12.6. The summed E-state index contributed by atoms with van der Waals surface area (Å²) in [6.07, 6.45) is 3.30. The van der Waals surface area contributed by atoms with E-state index in [1.165, 1.54) is 16.7 Å². The van der Waals surface area contributed by atoms with Gasteiger partial charge in [0.25, 0.3) is 0 Å². The molecule has 2 rings (SSSR count). The third-order valence-electron chi connectivity index (χ3n) is 3.41. The van der Waals surface area contributed by atoms with Crippen LogP contribution in [0.15, 0.2) is 18.5 Å². The summed E-state index contributed by atoms with van der Waals surface area (Å²) in [6.45, 7) is 3.40. The quantitative estimate of drug-likeness (QED) is 0.590. The van der Waals surface area contributed by atoms with Crippen molar-refractivity contribution in [1.82, 2.24) is 9.29 Å². The molecule has 1 aromatic heterocycles. The van der Waals surface area contributed by atoms with Gasteiger partial charge in [0.15, 0.2) is 0 Å². The van der Waals surface area contributed by atoms with Gasteiger partial charge in [-0.05, 0) is 12.5 Å². The molecule has 0 bridgehead atoms. The van der Waals surface area contributed by atoms with Gasteiger partial charge in [0.05, 0.1) is 10.7 Å². The Labute approximate surface area is 123 Å². The van der Waals surface area contributed by atoms with Crippen molar-refractivity contribution in [2.75, 3.05) is 36.8 Å². The summed E-state index contributed by atoms with van der Waals surface area (Å²) in [4.78, 5) is 16.1. The Balaban J connectivity index is 2.10. The Morgan fingerprint density at radius 2 is 2.00 bits per heavy atom. The molecule has 1 aromatic rings. The van der Waals surface area contributed by atoms with Gasteiger partial charge in [-0.2, -0.15) is 4.31 Å². The number of rotatable bonds is 5. The average Bonchev–Trinajstić information content (AvgIpc) is 2.47. The molecule has 0 unspecified atom stereocenters. The molecule has 8 nitrogen and oxygen atoms in total. The third kappa shape index (κ3) is 3.48. The second-order valence-electron chi connectivity index (χ2n) is 4.82. The average molecular weight is 314 g/mol. The standard InChI is InChI=1S/C12H18N4O4S/c1-2-9-21(19,20)15-7-5-14(6-8-15)11-3-4-13-10-12(11)16(17)18/h3-4,10H,2,5-9H2,1H3. The second kappa shape index (κ2) is 6.35. The van der Waals surface area contributed by atoms with Gasteiger partial charge in [0.1, 0.15) is 11.9 Å². The lowest BCUT2D eigenvalue weighted by atomic mass is 10.2. The second-order valence-corrected chi connectivity index (χ2v) is 6.91. The zero-order valence-electron chi connectivity index (χ0n) is 11.8. The summed E-state index contributed by atoms with van der Waals surface area (Å²) in [7, 11) is -3.21. The minimum absolute atomic E-state index is 0.0534. The first kappa shape index (κ1) is 15.6. The van der Waals surface area contributed by atoms with E-state index in [2.05, 4.69) is 4.98 Å². The van der Waals surface area contributed by atoms with Crippen molar-refractivity contribution in [2.45, 2.75) is 13.3 Å². The molecule has 9 heteroatoms. The lowest BCUT2D eigenvalue weighted by molar-refractivity contribution is -0.384. The minimum Gasteiger partial charge on any atom is -0.363 e. The van der Waals surface area contributed by atoms with Crippen molar-refractivity contribution in [2.24, 2.45) is 0 Å². The number of pyridine rings is 1. The predicted octanol–water partition coefficient (Wildman–Crippen LogP) is 0.852. The monoisotopic (exact) mass is 314 g/mol. The van der Waals surface area contributed by atoms with Crippen LogP contribution in [0.4, 0.5) is 11.4 Å². The number of anilines is 1. The highest BCUT2D eigenvalue weighted by Gasteiger charge is 2.28. The van der Waals surface area contributed by atoms with Gasteiger partial charge in [-0.25, -0.2) is 8.42 Å². The molecule has 0 radical (unpaired) electrons. The highest BCUT2D eigenvalue weighted by atomic mass is 32.2. The highest BCUT2D eigenvalue weighted by Crippen LogP contribution is 2.27. The maximum atomic E-state index is 12.0. The highest BCUT2D eigenvalue weighted by molar-refractivity contribution is 7.89. The van der Waals surface area contributed by atoms with E-state index in [1.54, 1.807) is 6.07 Å². The lowest BCUT2D eigenvalue weighted by Crippen LogP contribution is -2.49. The minimum atomic E-state index is -3.21. The fraction of sp³-hybridized carbons (Fsp3) is 0.583. The first-order valence-electron chi connectivity index (χ1n) is 6.77. The molecule has 1 fully saturated rings. The van der Waals surface area contributed by atoms with Crippen LogP contribution in [0, 0.1) is 10.1 Å². The normalized spacial score (nSPS) is 16.9. The van der Waals surface area contributed by atoms with Crippen LogP contribution in [0.25, 0.3) is 0 Å². The van der Waals surface area contributed by atoms with Crippen molar-refractivity contribution in [3.8, 4) is 0 Å². The maximum absolute atomic E-state index is 12.0. The van der Waals surface area contributed by atoms with Crippen LogP contribution in [0.1, 0.15) is 13.3 Å². The Hall–Kier alpha value is -1.74. The number of piperazine rings is 1. The Bertz CT molecular complexity index is 611. The third-order valence-corrected chi connectivity index (χ3v) is 5.49. The Morgan fingerprint density at radius 3 is 2.57 bits per heavy atom. The topological polar surface area (TPSA) is 96.7 Å². The summed E-state index contributed by atoms with van der Waals surface area (Å²) in [6, 6.07) is 1.59.